The lowest BCUT2D eigenvalue weighted by Crippen LogP contribution is -2.34. The third kappa shape index (κ3) is 3.80. The van der Waals surface area contributed by atoms with Gasteiger partial charge in [-0.15, -0.1) is 11.6 Å². The van der Waals surface area contributed by atoms with E-state index >= 15 is 0 Å². The first kappa shape index (κ1) is 11.9. The second-order valence-electron chi connectivity index (χ2n) is 4.64. The topological polar surface area (TPSA) is 12.0 Å². The summed E-state index contributed by atoms with van der Waals surface area (Å²) in [7, 11) is 0. The van der Waals surface area contributed by atoms with Crippen molar-refractivity contribution in [2.24, 2.45) is 0 Å². The maximum absolute atomic E-state index is 6.08. The number of hydrogen-bond acceptors (Lipinski definition) is 1. The fourth-order valence-electron chi connectivity index (χ4n) is 2.32. The summed E-state index contributed by atoms with van der Waals surface area (Å²) in [5, 5.41) is 4.06. The number of rotatable bonds is 4. The molecule has 1 aromatic carbocycles. The summed E-state index contributed by atoms with van der Waals surface area (Å²) < 4.78 is 0. The lowest BCUT2D eigenvalue weighted by atomic mass is 9.95. The average Bonchev–Trinajstić information content (AvgIpc) is 2.33. The molecule has 1 aliphatic rings. The predicted octanol–water partition coefficient (Wildman–Crippen LogP) is 3.37. The molecule has 88 valence electrons. The summed E-state index contributed by atoms with van der Waals surface area (Å²) >= 11 is 6.08. The van der Waals surface area contributed by atoms with Crippen LogP contribution in [-0.2, 0) is 6.42 Å². The van der Waals surface area contributed by atoms with Crippen LogP contribution in [0.15, 0.2) is 30.3 Å². The molecule has 0 bridgehead atoms. The largest absolute Gasteiger partial charge is 0.314 e. The Kier molecular flexibility index (Phi) is 4.68. The minimum atomic E-state index is 0.423. The first-order valence-electron chi connectivity index (χ1n) is 6.26. The van der Waals surface area contributed by atoms with Crippen molar-refractivity contribution >= 4 is 11.6 Å². The quantitative estimate of drug-likeness (QED) is 0.792. The predicted molar refractivity (Wildman–Crippen MR) is 70.0 cm³/mol. The average molecular weight is 238 g/mol. The van der Waals surface area contributed by atoms with Crippen LogP contribution in [0.3, 0.4) is 0 Å². The highest BCUT2D eigenvalue weighted by Crippen LogP contribution is 2.22. The molecule has 0 aliphatic heterocycles. The Labute approximate surface area is 103 Å². The van der Waals surface area contributed by atoms with Gasteiger partial charge in [0.05, 0.1) is 0 Å². The van der Waals surface area contributed by atoms with Crippen molar-refractivity contribution in [3.63, 3.8) is 0 Å². The van der Waals surface area contributed by atoms with Gasteiger partial charge in [0, 0.05) is 11.4 Å². The van der Waals surface area contributed by atoms with Gasteiger partial charge in [-0.25, -0.2) is 0 Å². The summed E-state index contributed by atoms with van der Waals surface area (Å²) in [5.41, 5.74) is 1.42. The minimum Gasteiger partial charge on any atom is -0.314 e. The van der Waals surface area contributed by atoms with Crippen LogP contribution in [0.1, 0.15) is 31.2 Å². The molecule has 1 nitrogen and oxygen atoms in total. The second kappa shape index (κ2) is 6.27. The molecular weight excluding hydrogens is 218 g/mol. The molecule has 2 rings (SSSR count). The van der Waals surface area contributed by atoms with Crippen molar-refractivity contribution in [2.75, 3.05) is 6.54 Å². The van der Waals surface area contributed by atoms with Crippen LogP contribution in [0.25, 0.3) is 0 Å². The lowest BCUT2D eigenvalue weighted by Gasteiger charge is -2.25. The molecule has 1 aromatic rings. The van der Waals surface area contributed by atoms with Gasteiger partial charge in [-0.2, -0.15) is 0 Å². The van der Waals surface area contributed by atoms with Crippen molar-refractivity contribution in [3.8, 4) is 0 Å². The molecule has 16 heavy (non-hydrogen) atoms. The zero-order chi connectivity index (χ0) is 11.2. The van der Waals surface area contributed by atoms with E-state index in [0.717, 1.165) is 13.0 Å². The van der Waals surface area contributed by atoms with Crippen molar-refractivity contribution in [1.82, 2.24) is 5.32 Å². The smallest absolute Gasteiger partial charge is 0.0337 e. The molecule has 0 unspecified atom stereocenters. The maximum atomic E-state index is 6.08. The van der Waals surface area contributed by atoms with Crippen molar-refractivity contribution in [2.45, 2.75) is 43.5 Å². The fourth-order valence-corrected chi connectivity index (χ4v) is 2.57. The van der Waals surface area contributed by atoms with Crippen LogP contribution in [0.2, 0.25) is 0 Å². The van der Waals surface area contributed by atoms with Gasteiger partial charge in [0.25, 0.3) is 0 Å². The highest BCUT2D eigenvalue weighted by atomic mass is 35.5. The van der Waals surface area contributed by atoms with Gasteiger partial charge < -0.3 is 5.32 Å². The third-order valence-electron chi connectivity index (χ3n) is 3.35. The normalized spacial score (nSPS) is 25.6. The van der Waals surface area contributed by atoms with E-state index in [-0.39, 0.29) is 0 Å². The summed E-state index contributed by atoms with van der Waals surface area (Å²) in [6, 6.07) is 11.4. The Morgan fingerprint density at radius 1 is 1.06 bits per heavy atom. The molecule has 0 atom stereocenters. The van der Waals surface area contributed by atoms with Crippen LogP contribution in [0, 0.1) is 0 Å². The van der Waals surface area contributed by atoms with E-state index in [1.807, 2.05) is 0 Å². The maximum Gasteiger partial charge on any atom is 0.0337 e. The Morgan fingerprint density at radius 3 is 2.44 bits per heavy atom. The van der Waals surface area contributed by atoms with E-state index in [4.69, 9.17) is 11.6 Å². The SMILES string of the molecule is ClC1CCC(NCCc2ccccc2)CC1. The van der Waals surface area contributed by atoms with E-state index in [1.54, 1.807) is 0 Å². The molecule has 1 aliphatic carbocycles. The molecule has 0 heterocycles. The molecule has 0 spiro atoms. The molecule has 2 heteroatoms. The Hall–Kier alpha value is -0.530. The van der Waals surface area contributed by atoms with Crippen LogP contribution in [0.5, 0.6) is 0 Å². The van der Waals surface area contributed by atoms with Crippen LogP contribution in [0.4, 0.5) is 0 Å². The van der Waals surface area contributed by atoms with E-state index in [1.165, 1.54) is 31.2 Å². The third-order valence-corrected chi connectivity index (χ3v) is 3.78. The summed E-state index contributed by atoms with van der Waals surface area (Å²) in [5.74, 6) is 0. The van der Waals surface area contributed by atoms with Crippen LogP contribution >= 0.6 is 11.6 Å². The van der Waals surface area contributed by atoms with Crippen LogP contribution < -0.4 is 5.32 Å². The lowest BCUT2D eigenvalue weighted by molar-refractivity contribution is 0.379. The molecule has 0 aromatic heterocycles. The van der Waals surface area contributed by atoms with Gasteiger partial charge in [0.15, 0.2) is 0 Å². The van der Waals surface area contributed by atoms with Crippen molar-refractivity contribution < 1.29 is 0 Å². The van der Waals surface area contributed by atoms with E-state index in [0.29, 0.717) is 11.4 Å². The minimum absolute atomic E-state index is 0.423. The van der Waals surface area contributed by atoms with Gasteiger partial charge in [-0.1, -0.05) is 30.3 Å². The Balaban J connectivity index is 1.65. The number of benzene rings is 1. The van der Waals surface area contributed by atoms with E-state index < -0.39 is 0 Å². The standard InChI is InChI=1S/C14H20ClN/c15-13-6-8-14(9-7-13)16-11-10-12-4-2-1-3-5-12/h1-5,13-14,16H,6-11H2. The Bertz CT molecular complexity index is 291. The molecule has 1 N–H and O–H groups in total. The van der Waals surface area contributed by atoms with Crippen molar-refractivity contribution in [1.29, 1.82) is 0 Å². The number of alkyl halides is 1. The Morgan fingerprint density at radius 2 is 1.75 bits per heavy atom. The summed E-state index contributed by atoms with van der Waals surface area (Å²) in [6.45, 7) is 1.08. The van der Waals surface area contributed by atoms with E-state index in [2.05, 4.69) is 35.6 Å². The highest BCUT2D eigenvalue weighted by Gasteiger charge is 2.18. The zero-order valence-electron chi connectivity index (χ0n) is 9.66. The van der Waals surface area contributed by atoms with Gasteiger partial charge >= 0.3 is 0 Å². The second-order valence-corrected chi connectivity index (χ2v) is 5.26. The van der Waals surface area contributed by atoms with Gasteiger partial charge in [-0.05, 0) is 44.2 Å². The molecule has 1 saturated carbocycles. The van der Waals surface area contributed by atoms with E-state index in [9.17, 15) is 0 Å². The monoisotopic (exact) mass is 237 g/mol. The first-order chi connectivity index (χ1) is 7.84. The first-order valence-corrected chi connectivity index (χ1v) is 6.69. The van der Waals surface area contributed by atoms with Crippen molar-refractivity contribution in [3.05, 3.63) is 35.9 Å². The number of halogens is 1. The number of hydrogen-bond donors (Lipinski definition) is 1. The van der Waals surface area contributed by atoms with Gasteiger partial charge in [0.2, 0.25) is 0 Å². The highest BCUT2D eigenvalue weighted by molar-refractivity contribution is 6.20. The molecular formula is C14H20ClN. The summed E-state index contributed by atoms with van der Waals surface area (Å²) in [6.07, 6.45) is 5.95. The summed E-state index contributed by atoms with van der Waals surface area (Å²) in [4.78, 5) is 0. The molecule has 0 radical (unpaired) electrons. The number of nitrogens with one attached hydrogen (secondary N) is 1. The molecule has 1 fully saturated rings. The molecule has 0 saturated heterocycles. The van der Waals surface area contributed by atoms with Gasteiger partial charge in [-0.3, -0.25) is 0 Å². The van der Waals surface area contributed by atoms with Crippen LogP contribution in [-0.4, -0.2) is 18.0 Å². The van der Waals surface area contributed by atoms with Gasteiger partial charge in [0.1, 0.15) is 0 Å². The fraction of sp³-hybridized carbons (Fsp3) is 0.571. The zero-order valence-corrected chi connectivity index (χ0v) is 10.4. The molecule has 0 amide bonds.